The van der Waals surface area contributed by atoms with Crippen molar-refractivity contribution in [1.82, 2.24) is 10.0 Å². The minimum absolute atomic E-state index is 0.769. The quantitative estimate of drug-likeness (QED) is 0.477. The molecule has 1 unspecified atom stereocenters. The van der Waals surface area contributed by atoms with Gasteiger partial charge in [0.2, 0.25) is 15.9 Å². The molecule has 5 nitrogen and oxygen atoms in total. The molecule has 0 spiro atoms. The fourth-order valence-electron chi connectivity index (χ4n) is 0.377. The van der Waals surface area contributed by atoms with Gasteiger partial charge < -0.3 is 5.32 Å². The highest BCUT2D eigenvalue weighted by atomic mass is 32.2. The molecule has 0 rings (SSSR count). The summed E-state index contributed by atoms with van der Waals surface area (Å²) in [4.78, 5) is 10.7. The van der Waals surface area contributed by atoms with Gasteiger partial charge in [-0.25, -0.2) is 8.42 Å². The average Bonchev–Trinajstić information content (AvgIpc) is 1.82. The Morgan fingerprint density at radius 3 is 2.27 bits per heavy atom. The molecule has 1 amide bonds. The van der Waals surface area contributed by atoms with Crippen LogP contribution in [-0.4, -0.2) is 41.4 Å². The summed E-state index contributed by atoms with van der Waals surface area (Å²) in [5.74, 6) is -1.76. The van der Waals surface area contributed by atoms with E-state index in [1.807, 2.05) is 0 Å². The van der Waals surface area contributed by atoms with E-state index in [9.17, 15) is 13.2 Å². The summed E-state index contributed by atoms with van der Waals surface area (Å²) in [5.41, 5.74) is 0. The molecule has 0 bridgehead atoms. The lowest BCUT2D eigenvalue weighted by atomic mass is 9.97. The van der Waals surface area contributed by atoms with Crippen molar-refractivity contribution in [3.63, 3.8) is 0 Å². The molecular formula is C4H9BN2O3S. The van der Waals surface area contributed by atoms with Gasteiger partial charge in [-0.15, -0.1) is 0 Å². The molecule has 0 aliphatic rings. The monoisotopic (exact) mass is 176 g/mol. The highest BCUT2D eigenvalue weighted by molar-refractivity contribution is 7.89. The second-order valence-corrected chi connectivity index (χ2v) is 3.75. The van der Waals surface area contributed by atoms with E-state index in [1.54, 1.807) is 4.72 Å². The van der Waals surface area contributed by atoms with Gasteiger partial charge in [-0.05, 0) is 7.05 Å². The molecular weight excluding hydrogens is 167 g/mol. The number of nitrogens with one attached hydrogen (secondary N) is 2. The molecule has 0 aliphatic heterocycles. The van der Waals surface area contributed by atoms with Crippen molar-refractivity contribution in [1.29, 1.82) is 0 Å². The smallest absolute Gasteiger partial charge is 0.241 e. The van der Waals surface area contributed by atoms with Gasteiger partial charge >= 0.3 is 0 Å². The first-order valence-electron chi connectivity index (χ1n) is 2.81. The van der Waals surface area contributed by atoms with Crippen LogP contribution in [0.25, 0.3) is 0 Å². The maximum Gasteiger partial charge on any atom is 0.241 e. The van der Waals surface area contributed by atoms with Crippen molar-refractivity contribution < 1.29 is 13.2 Å². The number of hydrogen-bond donors (Lipinski definition) is 2. The van der Waals surface area contributed by atoms with Gasteiger partial charge in [-0.3, -0.25) is 9.52 Å². The number of likely N-dealkylation sites (N-methyl/N-ethyl adjacent to an activating group) is 1. The summed E-state index contributed by atoms with van der Waals surface area (Å²) in [6.45, 7) is 0. The van der Waals surface area contributed by atoms with E-state index in [2.05, 4.69) is 5.32 Å². The zero-order chi connectivity index (χ0) is 9.07. The summed E-state index contributed by atoms with van der Waals surface area (Å²) >= 11 is 0. The van der Waals surface area contributed by atoms with Crippen LogP contribution in [-0.2, 0) is 14.8 Å². The third-order valence-corrected chi connectivity index (χ3v) is 1.45. The van der Waals surface area contributed by atoms with Crippen LogP contribution in [0.3, 0.4) is 0 Å². The number of carbonyl (C=O) groups is 1. The van der Waals surface area contributed by atoms with E-state index in [1.165, 1.54) is 7.05 Å². The van der Waals surface area contributed by atoms with Crippen molar-refractivity contribution in [2.75, 3.05) is 13.3 Å². The molecule has 62 valence electrons. The van der Waals surface area contributed by atoms with Crippen LogP contribution in [0.15, 0.2) is 0 Å². The molecule has 0 fully saturated rings. The van der Waals surface area contributed by atoms with Crippen molar-refractivity contribution in [2.24, 2.45) is 0 Å². The molecule has 7 heteroatoms. The Hall–Kier alpha value is -0.555. The number of carbonyl (C=O) groups excluding carboxylic acids is 1. The Morgan fingerprint density at radius 2 is 2.00 bits per heavy atom. The molecule has 0 aromatic rings. The Balaban J connectivity index is 4.10. The summed E-state index contributed by atoms with van der Waals surface area (Å²) in [6, 6.07) is 0. The van der Waals surface area contributed by atoms with E-state index < -0.39 is 21.9 Å². The largest absolute Gasteiger partial charge is 0.317 e. The highest BCUT2D eigenvalue weighted by Crippen LogP contribution is 1.78. The van der Waals surface area contributed by atoms with Crippen molar-refractivity contribution in [3.8, 4) is 0 Å². The topological polar surface area (TPSA) is 75.3 Å². The summed E-state index contributed by atoms with van der Waals surface area (Å²) in [7, 11) is 3.09. The fourth-order valence-corrected chi connectivity index (χ4v) is 0.870. The maximum absolute atomic E-state index is 10.7. The van der Waals surface area contributed by atoms with Gasteiger partial charge in [-0.1, -0.05) is 0 Å². The molecule has 0 saturated heterocycles. The van der Waals surface area contributed by atoms with E-state index in [0.717, 1.165) is 6.26 Å². The normalized spacial score (nSPS) is 14.0. The second-order valence-electron chi connectivity index (χ2n) is 2.00. The van der Waals surface area contributed by atoms with Crippen LogP contribution in [0.4, 0.5) is 0 Å². The molecule has 0 aromatic carbocycles. The van der Waals surface area contributed by atoms with Crippen LogP contribution >= 0.6 is 0 Å². The van der Waals surface area contributed by atoms with E-state index in [-0.39, 0.29) is 0 Å². The first-order valence-corrected chi connectivity index (χ1v) is 4.70. The Labute approximate surface area is 67.0 Å². The van der Waals surface area contributed by atoms with E-state index in [0.29, 0.717) is 0 Å². The highest BCUT2D eigenvalue weighted by Gasteiger charge is 2.13. The third kappa shape index (κ3) is 4.80. The van der Waals surface area contributed by atoms with Crippen LogP contribution in [0.2, 0.25) is 0 Å². The summed E-state index contributed by atoms with van der Waals surface area (Å²) in [5, 5.41) is 2.39. The predicted octanol–water partition coefficient (Wildman–Crippen LogP) is -2.22. The number of sulfonamides is 1. The minimum atomic E-state index is -3.50. The van der Waals surface area contributed by atoms with Crippen molar-refractivity contribution in [2.45, 2.75) is 5.94 Å². The minimum Gasteiger partial charge on any atom is -0.317 e. The summed E-state index contributed by atoms with van der Waals surface area (Å²) in [6.07, 6.45) is 0.882. The van der Waals surface area contributed by atoms with Crippen LogP contribution in [0, 0.1) is 0 Å². The van der Waals surface area contributed by atoms with Gasteiger partial charge in [-0.2, -0.15) is 0 Å². The van der Waals surface area contributed by atoms with Gasteiger partial charge in [0.15, 0.2) is 0 Å². The Kier molecular flexibility index (Phi) is 3.54. The first kappa shape index (κ1) is 10.4. The molecule has 2 radical (unpaired) electrons. The zero-order valence-corrected chi connectivity index (χ0v) is 7.10. The Morgan fingerprint density at radius 1 is 1.55 bits per heavy atom. The van der Waals surface area contributed by atoms with Gasteiger partial charge in [0.1, 0.15) is 7.85 Å². The molecule has 0 aromatic heterocycles. The van der Waals surface area contributed by atoms with Gasteiger partial charge in [0.25, 0.3) is 0 Å². The fraction of sp³-hybridized carbons (Fsp3) is 0.750. The lowest BCUT2D eigenvalue weighted by Gasteiger charge is -2.08. The average molecular weight is 176 g/mol. The lowest BCUT2D eigenvalue weighted by molar-refractivity contribution is -0.119. The van der Waals surface area contributed by atoms with Gasteiger partial charge in [0, 0.05) is 5.94 Å². The lowest BCUT2D eigenvalue weighted by Crippen LogP contribution is -2.44. The van der Waals surface area contributed by atoms with E-state index >= 15 is 0 Å². The molecule has 0 saturated carbocycles. The SMILES string of the molecule is [B]C(NC)C(=O)NS(C)(=O)=O. The predicted molar refractivity (Wildman–Crippen MR) is 41.6 cm³/mol. The number of rotatable bonds is 3. The second kappa shape index (κ2) is 3.73. The maximum atomic E-state index is 10.7. The molecule has 11 heavy (non-hydrogen) atoms. The Bertz CT molecular complexity index is 238. The molecule has 0 aliphatic carbocycles. The van der Waals surface area contributed by atoms with E-state index in [4.69, 9.17) is 7.85 Å². The standard InChI is InChI=1S/C4H9BN2O3S/c1-6-3(5)4(8)7-11(2,9)10/h3,6H,1-2H3,(H,7,8). The number of hydrogen-bond acceptors (Lipinski definition) is 4. The van der Waals surface area contributed by atoms with Crippen LogP contribution < -0.4 is 10.0 Å². The van der Waals surface area contributed by atoms with Crippen LogP contribution in [0.5, 0.6) is 0 Å². The molecule has 0 heterocycles. The molecule has 2 N–H and O–H groups in total. The van der Waals surface area contributed by atoms with Crippen LogP contribution in [0.1, 0.15) is 0 Å². The van der Waals surface area contributed by atoms with Gasteiger partial charge in [0.05, 0.1) is 6.26 Å². The zero-order valence-electron chi connectivity index (χ0n) is 6.29. The third-order valence-electron chi connectivity index (χ3n) is 0.879. The number of amides is 1. The first-order chi connectivity index (χ1) is 4.87. The summed E-state index contributed by atoms with van der Waals surface area (Å²) < 4.78 is 22.6. The molecule has 1 atom stereocenters. The van der Waals surface area contributed by atoms with Crippen molar-refractivity contribution >= 4 is 23.8 Å². The van der Waals surface area contributed by atoms with Crippen molar-refractivity contribution in [3.05, 3.63) is 0 Å².